The van der Waals surface area contributed by atoms with E-state index < -0.39 is 24.3 Å². The predicted molar refractivity (Wildman–Crippen MR) is 138 cm³/mol. The van der Waals surface area contributed by atoms with Crippen LogP contribution in [0.3, 0.4) is 0 Å². The zero-order chi connectivity index (χ0) is 26.6. The summed E-state index contributed by atoms with van der Waals surface area (Å²) < 4.78 is 25.8. The number of halogens is 1. The highest BCUT2D eigenvalue weighted by Gasteiger charge is 2.41. The molecule has 2 aliphatic heterocycles. The van der Waals surface area contributed by atoms with Gasteiger partial charge in [-0.15, -0.1) is 0 Å². The summed E-state index contributed by atoms with van der Waals surface area (Å²) in [4.78, 5) is 41.2. The Kier molecular flexibility index (Phi) is 7.72. The topological polar surface area (TPSA) is 134 Å². The number of nitrogens with zero attached hydrogens (tertiary/aromatic N) is 5. The van der Waals surface area contributed by atoms with Crippen molar-refractivity contribution >= 4 is 29.4 Å². The standard InChI is InChI=1S/C25H33FN8O4/c1-3-37-23-13-29-21(12-30-23)32-24(35)33(2)19-14-34(7-5-18(19)26)22-10-16(4-6-27-22)31-25(36)38-20-9-17-8-15(20)11-28-17/h4,6,10,12-13,15,17-20,28H,3,5,7-9,11,14H2,1-2H3,(H,27,31,36)(H,29,32,35)/t15-,17-,18+,19-,20+/m0/s1. The van der Waals surface area contributed by atoms with Crippen molar-refractivity contribution in [2.24, 2.45) is 5.92 Å². The fourth-order valence-corrected chi connectivity index (χ4v) is 5.31. The average molecular weight is 529 g/mol. The summed E-state index contributed by atoms with van der Waals surface area (Å²) in [7, 11) is 1.55. The first-order valence-electron chi connectivity index (χ1n) is 12.9. The molecule has 3 fully saturated rings. The Morgan fingerprint density at radius 2 is 2.11 bits per heavy atom. The summed E-state index contributed by atoms with van der Waals surface area (Å²) in [5.74, 6) is 1.54. The van der Waals surface area contributed by atoms with Crippen molar-refractivity contribution in [3.8, 4) is 5.88 Å². The minimum atomic E-state index is -1.21. The van der Waals surface area contributed by atoms with Gasteiger partial charge in [0.2, 0.25) is 5.88 Å². The molecule has 2 bridgehead atoms. The number of amides is 3. The molecule has 13 heteroatoms. The van der Waals surface area contributed by atoms with Gasteiger partial charge in [0.15, 0.2) is 5.82 Å². The Morgan fingerprint density at radius 3 is 2.82 bits per heavy atom. The highest BCUT2D eigenvalue weighted by atomic mass is 19.1. The fourth-order valence-electron chi connectivity index (χ4n) is 5.31. The summed E-state index contributed by atoms with van der Waals surface area (Å²) in [6.45, 7) is 3.83. The van der Waals surface area contributed by atoms with Crippen LogP contribution in [0, 0.1) is 5.92 Å². The normalized spacial score (nSPS) is 26.1. The molecule has 0 radical (unpaired) electrons. The first kappa shape index (κ1) is 25.9. The quantitative estimate of drug-likeness (QED) is 0.496. The molecule has 1 aliphatic carbocycles. The largest absolute Gasteiger partial charge is 0.477 e. The van der Waals surface area contributed by atoms with E-state index in [9.17, 15) is 14.0 Å². The van der Waals surface area contributed by atoms with E-state index in [2.05, 4.69) is 30.9 Å². The van der Waals surface area contributed by atoms with Crippen molar-refractivity contribution in [1.82, 2.24) is 25.2 Å². The number of piperidine rings is 2. The average Bonchev–Trinajstić information content (AvgIpc) is 3.53. The molecule has 0 spiro atoms. The van der Waals surface area contributed by atoms with Gasteiger partial charge in [-0.3, -0.25) is 10.6 Å². The molecule has 38 heavy (non-hydrogen) atoms. The number of carbonyl (C=O) groups excluding carboxylic acids is 2. The zero-order valence-corrected chi connectivity index (χ0v) is 21.5. The maximum Gasteiger partial charge on any atom is 0.411 e. The van der Waals surface area contributed by atoms with Crippen LogP contribution in [0.4, 0.5) is 31.3 Å². The molecule has 2 aromatic rings. The van der Waals surface area contributed by atoms with Crippen molar-refractivity contribution < 1.29 is 23.5 Å². The smallest absolute Gasteiger partial charge is 0.411 e. The van der Waals surface area contributed by atoms with Crippen LogP contribution < -0.4 is 25.6 Å². The van der Waals surface area contributed by atoms with E-state index in [4.69, 9.17) is 9.47 Å². The maximum absolute atomic E-state index is 14.9. The van der Waals surface area contributed by atoms with Crippen molar-refractivity contribution in [2.75, 3.05) is 48.8 Å². The Hall–Kier alpha value is -3.74. The molecule has 4 heterocycles. The number of carbonyl (C=O) groups is 2. The summed E-state index contributed by atoms with van der Waals surface area (Å²) in [5, 5.41) is 8.84. The van der Waals surface area contributed by atoms with Gasteiger partial charge in [-0.05, 0) is 25.8 Å². The minimum Gasteiger partial charge on any atom is -0.477 e. The van der Waals surface area contributed by atoms with Crippen LogP contribution in [0.1, 0.15) is 26.2 Å². The molecule has 1 saturated carbocycles. The monoisotopic (exact) mass is 528 g/mol. The summed E-state index contributed by atoms with van der Waals surface area (Å²) in [6.07, 6.45) is 4.73. The third-order valence-electron chi connectivity index (χ3n) is 7.35. The Morgan fingerprint density at radius 1 is 1.24 bits per heavy atom. The number of hydrogen-bond acceptors (Lipinski definition) is 9. The summed E-state index contributed by atoms with van der Waals surface area (Å²) in [5.41, 5.74) is 0.542. The highest BCUT2D eigenvalue weighted by Crippen LogP contribution is 2.33. The number of hydrogen-bond donors (Lipinski definition) is 3. The third kappa shape index (κ3) is 5.87. The molecule has 3 aliphatic rings. The molecular weight excluding hydrogens is 495 g/mol. The van der Waals surface area contributed by atoms with Gasteiger partial charge >= 0.3 is 12.1 Å². The van der Waals surface area contributed by atoms with Gasteiger partial charge in [-0.2, -0.15) is 0 Å². The van der Waals surface area contributed by atoms with Gasteiger partial charge in [0.25, 0.3) is 0 Å². The van der Waals surface area contributed by atoms with Crippen LogP contribution in [-0.4, -0.2) is 89.6 Å². The third-order valence-corrected chi connectivity index (χ3v) is 7.35. The van der Waals surface area contributed by atoms with Crippen LogP contribution in [-0.2, 0) is 4.74 Å². The molecule has 0 unspecified atom stereocenters. The number of anilines is 3. The lowest BCUT2D eigenvalue weighted by atomic mass is 10.0. The van der Waals surface area contributed by atoms with Gasteiger partial charge in [0, 0.05) is 63.0 Å². The molecule has 3 N–H and O–H groups in total. The van der Waals surface area contributed by atoms with Crippen LogP contribution in [0.2, 0.25) is 0 Å². The van der Waals surface area contributed by atoms with Crippen LogP contribution in [0.25, 0.3) is 0 Å². The SMILES string of the molecule is CCOc1cnc(NC(=O)N(C)[C@H]2CN(c3cc(NC(=O)O[C@@H]4C[C@@H]5C[C@H]4CN5)ccn3)CC[C@H]2F)cn1. The molecule has 204 valence electrons. The fraction of sp³-hybridized carbons (Fsp3) is 0.560. The van der Waals surface area contributed by atoms with E-state index in [0.717, 1.165) is 19.4 Å². The molecule has 2 aromatic heterocycles. The number of fused-ring (bicyclic) bond motifs is 2. The van der Waals surface area contributed by atoms with Crippen molar-refractivity contribution in [3.63, 3.8) is 0 Å². The number of alkyl halides is 1. The van der Waals surface area contributed by atoms with Crippen molar-refractivity contribution in [3.05, 3.63) is 30.7 Å². The van der Waals surface area contributed by atoms with Gasteiger partial charge < -0.3 is 24.6 Å². The first-order valence-corrected chi connectivity index (χ1v) is 12.9. The second kappa shape index (κ2) is 11.3. The maximum atomic E-state index is 14.9. The van der Waals surface area contributed by atoms with Crippen molar-refractivity contribution in [1.29, 1.82) is 0 Å². The van der Waals surface area contributed by atoms with Gasteiger partial charge in [-0.1, -0.05) is 0 Å². The number of pyridine rings is 1. The Bertz CT molecular complexity index is 1140. The molecular formula is C25H33FN8O4. The van der Waals surface area contributed by atoms with Gasteiger partial charge in [0.1, 0.15) is 18.1 Å². The Labute approximate surface area is 220 Å². The molecule has 5 atom stereocenters. The van der Waals surface area contributed by atoms with Crippen LogP contribution in [0.5, 0.6) is 5.88 Å². The lowest BCUT2D eigenvalue weighted by Gasteiger charge is -2.40. The van der Waals surface area contributed by atoms with E-state index in [-0.39, 0.29) is 24.9 Å². The molecule has 5 rings (SSSR count). The number of aromatic nitrogens is 3. The minimum absolute atomic E-state index is 0.0674. The van der Waals surface area contributed by atoms with E-state index in [1.807, 2.05) is 11.8 Å². The lowest BCUT2D eigenvalue weighted by Crippen LogP contribution is -2.55. The number of nitrogens with one attached hydrogen (secondary N) is 3. The number of urea groups is 1. The van der Waals surface area contributed by atoms with Gasteiger partial charge in [0.05, 0.1) is 25.0 Å². The highest BCUT2D eigenvalue weighted by molar-refractivity contribution is 5.88. The van der Waals surface area contributed by atoms with E-state index in [0.29, 0.717) is 42.5 Å². The number of likely N-dealkylation sites (N-methyl/N-ethyl adjacent to an activating group) is 1. The summed E-state index contributed by atoms with van der Waals surface area (Å²) >= 11 is 0. The molecule has 3 amide bonds. The summed E-state index contributed by atoms with van der Waals surface area (Å²) in [6, 6.07) is 2.64. The van der Waals surface area contributed by atoms with Crippen LogP contribution >= 0.6 is 0 Å². The molecule has 12 nitrogen and oxygen atoms in total. The lowest BCUT2D eigenvalue weighted by molar-refractivity contribution is 0.0801. The predicted octanol–water partition coefficient (Wildman–Crippen LogP) is 2.65. The molecule has 0 aromatic carbocycles. The van der Waals surface area contributed by atoms with E-state index in [1.165, 1.54) is 17.3 Å². The zero-order valence-electron chi connectivity index (χ0n) is 21.5. The molecule has 2 saturated heterocycles. The second-order valence-electron chi connectivity index (χ2n) is 9.84. The van der Waals surface area contributed by atoms with E-state index in [1.54, 1.807) is 25.4 Å². The van der Waals surface area contributed by atoms with Gasteiger partial charge in [-0.25, -0.2) is 28.9 Å². The number of ether oxygens (including phenoxy) is 2. The first-order chi connectivity index (χ1) is 18.4. The van der Waals surface area contributed by atoms with E-state index >= 15 is 0 Å². The number of rotatable bonds is 7. The second-order valence-corrected chi connectivity index (χ2v) is 9.84. The van der Waals surface area contributed by atoms with Crippen molar-refractivity contribution in [2.45, 2.75) is 50.5 Å². The Balaban J connectivity index is 1.18. The van der Waals surface area contributed by atoms with Crippen LogP contribution in [0.15, 0.2) is 30.7 Å².